The summed E-state index contributed by atoms with van der Waals surface area (Å²) in [7, 11) is 0. The van der Waals surface area contributed by atoms with E-state index in [-0.39, 0.29) is 23.5 Å². The van der Waals surface area contributed by atoms with Crippen LogP contribution in [0.15, 0.2) is 54.3 Å². The third kappa shape index (κ3) is 5.32. The molecule has 3 N–H and O–H groups in total. The number of benzene rings is 1. The third-order valence-corrected chi connectivity index (χ3v) is 6.43. The molecule has 0 radical (unpaired) electrons. The van der Waals surface area contributed by atoms with E-state index >= 15 is 0 Å². The summed E-state index contributed by atoms with van der Waals surface area (Å²) in [5.74, 6) is -0.858. The minimum atomic E-state index is -0.546. The summed E-state index contributed by atoms with van der Waals surface area (Å²) in [5.41, 5.74) is 5.97. The molecule has 2 aliphatic heterocycles. The van der Waals surface area contributed by atoms with Gasteiger partial charge in [-0.3, -0.25) is 10.2 Å². The summed E-state index contributed by atoms with van der Waals surface area (Å²) in [5, 5.41) is 22.3. The van der Waals surface area contributed by atoms with Gasteiger partial charge in [0.25, 0.3) is 5.91 Å². The number of carbonyl (C=O) groups is 1. The Morgan fingerprint density at radius 1 is 1.30 bits per heavy atom. The van der Waals surface area contributed by atoms with E-state index in [2.05, 4.69) is 54.9 Å². The molecule has 0 aromatic heterocycles. The fourth-order valence-corrected chi connectivity index (χ4v) is 4.34. The summed E-state index contributed by atoms with van der Waals surface area (Å²) in [6, 6.07) is 8.08. The second-order valence-corrected chi connectivity index (χ2v) is 9.69. The molecule has 4 rings (SSSR count). The molecule has 0 fully saturated rings. The monoisotopic (exact) mass is 442 g/mol. The number of allylic oxidation sites excluding steroid dienone is 3. The van der Waals surface area contributed by atoms with Gasteiger partial charge in [0.2, 0.25) is 0 Å². The Kier molecular flexibility index (Phi) is 6.35. The van der Waals surface area contributed by atoms with Crippen LogP contribution in [0.1, 0.15) is 57.6 Å². The molecule has 0 saturated carbocycles. The van der Waals surface area contributed by atoms with Crippen LogP contribution in [0.2, 0.25) is 0 Å². The average molecular weight is 443 g/mol. The fraction of sp³-hybridized carbons (Fsp3) is 0.370. The maximum atomic E-state index is 12.7. The summed E-state index contributed by atoms with van der Waals surface area (Å²) < 4.78 is 5.86. The van der Waals surface area contributed by atoms with Gasteiger partial charge in [0, 0.05) is 29.4 Å². The number of fused-ring (bicyclic) bond motifs is 2. The van der Waals surface area contributed by atoms with Crippen molar-refractivity contribution in [2.45, 2.75) is 58.7 Å². The largest absolute Gasteiger partial charge is 0.362 e. The smallest absolute Gasteiger partial charge is 0.290 e. The van der Waals surface area contributed by atoms with Crippen molar-refractivity contribution in [3.05, 3.63) is 65.4 Å². The number of anilines is 1. The predicted octanol–water partition coefficient (Wildman–Crippen LogP) is 5.32. The predicted molar refractivity (Wildman–Crippen MR) is 131 cm³/mol. The van der Waals surface area contributed by atoms with E-state index in [1.165, 1.54) is 17.3 Å². The number of hydrogen-bond acceptors (Lipinski definition) is 4. The number of hydrogen-bond donors (Lipinski definition) is 3. The topological polar surface area (TPSA) is 98.0 Å². The molecule has 0 saturated heterocycles. The van der Waals surface area contributed by atoms with Crippen LogP contribution in [0.25, 0.3) is 11.1 Å². The molecular weight excluding hydrogens is 412 g/mol. The lowest BCUT2D eigenvalue weighted by atomic mass is 9.76. The molecular formula is C27H30N4O2. The van der Waals surface area contributed by atoms with Gasteiger partial charge in [0.05, 0.1) is 18.3 Å². The van der Waals surface area contributed by atoms with Gasteiger partial charge in [-0.1, -0.05) is 38.1 Å². The molecule has 1 aliphatic carbocycles. The fourth-order valence-electron chi connectivity index (χ4n) is 4.34. The highest BCUT2D eigenvalue weighted by atomic mass is 16.5. The van der Waals surface area contributed by atoms with Crippen LogP contribution in [0.4, 0.5) is 5.69 Å². The highest BCUT2D eigenvalue weighted by Crippen LogP contribution is 2.41. The Morgan fingerprint density at radius 3 is 2.82 bits per heavy atom. The van der Waals surface area contributed by atoms with Crippen LogP contribution in [0, 0.1) is 22.2 Å². The van der Waals surface area contributed by atoms with Crippen molar-refractivity contribution in [1.82, 2.24) is 5.32 Å². The zero-order valence-electron chi connectivity index (χ0n) is 19.4. The second kappa shape index (κ2) is 9.21. The first-order valence-electron chi connectivity index (χ1n) is 11.4. The molecule has 6 heteroatoms. The van der Waals surface area contributed by atoms with Gasteiger partial charge < -0.3 is 15.4 Å². The molecule has 170 valence electrons. The molecule has 2 bridgehead atoms. The van der Waals surface area contributed by atoms with E-state index in [9.17, 15) is 4.79 Å². The van der Waals surface area contributed by atoms with Gasteiger partial charge in [-0.15, -0.1) is 0 Å². The number of carbonyl (C=O) groups excluding carboxylic acids is 1. The summed E-state index contributed by atoms with van der Waals surface area (Å²) in [6.45, 7) is 6.16. The van der Waals surface area contributed by atoms with E-state index in [0.717, 1.165) is 36.8 Å². The van der Waals surface area contributed by atoms with Crippen molar-refractivity contribution in [2.75, 3.05) is 5.32 Å². The summed E-state index contributed by atoms with van der Waals surface area (Å²) in [6.07, 6.45) is 14.0. The number of rotatable bonds is 4. The number of ether oxygens (including phenoxy) is 1. The molecule has 2 atom stereocenters. The van der Waals surface area contributed by atoms with Gasteiger partial charge >= 0.3 is 0 Å². The third-order valence-electron chi connectivity index (χ3n) is 6.43. The summed E-state index contributed by atoms with van der Waals surface area (Å²) >= 11 is 0. The van der Waals surface area contributed by atoms with E-state index < -0.39 is 5.91 Å². The van der Waals surface area contributed by atoms with Crippen LogP contribution in [-0.4, -0.2) is 24.0 Å². The molecule has 1 amide bonds. The zero-order chi connectivity index (χ0) is 23.6. The highest BCUT2D eigenvalue weighted by Gasteiger charge is 2.27. The SMILES string of the molecule is C/C(C#N)=C\NC(=N)C(=O)Nc1ccc(C2=C[C@@H]3C=C[C@H](C2)O3)cc1C1=CCC(C)(C)CC1. The lowest BCUT2D eigenvalue weighted by Crippen LogP contribution is -2.32. The Morgan fingerprint density at radius 2 is 2.12 bits per heavy atom. The molecule has 33 heavy (non-hydrogen) atoms. The van der Waals surface area contributed by atoms with E-state index in [0.29, 0.717) is 11.3 Å². The number of nitriles is 1. The van der Waals surface area contributed by atoms with Crippen LogP contribution in [0.5, 0.6) is 0 Å². The van der Waals surface area contributed by atoms with Crippen molar-refractivity contribution in [1.29, 1.82) is 10.7 Å². The standard InChI is InChI=1S/C27H30N4O2/c1-17(15-28)16-30-25(29)26(32)31-24-7-4-19(20-12-21-5-6-22(13-20)33-21)14-23(24)18-8-10-27(2,3)11-9-18/h4-8,12,14,16,21-22H,9-11,13H2,1-3H3,(H2,29,30)(H,31,32)/b17-16+/t21-,22+/m0/s1. The second-order valence-electron chi connectivity index (χ2n) is 9.69. The normalized spacial score (nSPS) is 23.3. The quantitative estimate of drug-likeness (QED) is 0.254. The molecule has 0 spiro atoms. The summed E-state index contributed by atoms with van der Waals surface area (Å²) in [4.78, 5) is 12.7. The number of amidine groups is 1. The maximum Gasteiger partial charge on any atom is 0.290 e. The van der Waals surface area contributed by atoms with Crippen LogP contribution < -0.4 is 10.6 Å². The zero-order valence-corrected chi connectivity index (χ0v) is 19.4. The van der Waals surface area contributed by atoms with E-state index in [1.54, 1.807) is 6.92 Å². The molecule has 6 nitrogen and oxygen atoms in total. The molecule has 3 aliphatic rings. The van der Waals surface area contributed by atoms with Crippen molar-refractivity contribution >= 4 is 28.6 Å². The van der Waals surface area contributed by atoms with Crippen molar-refractivity contribution in [3.63, 3.8) is 0 Å². The van der Waals surface area contributed by atoms with Crippen molar-refractivity contribution in [2.24, 2.45) is 5.41 Å². The number of nitrogens with zero attached hydrogens (tertiary/aromatic N) is 1. The average Bonchev–Trinajstić information content (AvgIpc) is 3.14. The van der Waals surface area contributed by atoms with Crippen molar-refractivity contribution < 1.29 is 9.53 Å². The lowest BCUT2D eigenvalue weighted by molar-refractivity contribution is -0.110. The van der Waals surface area contributed by atoms with E-state index in [1.807, 2.05) is 18.2 Å². The van der Waals surface area contributed by atoms with Crippen LogP contribution in [-0.2, 0) is 9.53 Å². The van der Waals surface area contributed by atoms with Gasteiger partial charge in [-0.25, -0.2) is 0 Å². The van der Waals surface area contributed by atoms with Gasteiger partial charge in [0.15, 0.2) is 5.84 Å². The molecule has 2 heterocycles. The first-order valence-corrected chi connectivity index (χ1v) is 11.4. The van der Waals surface area contributed by atoms with Gasteiger partial charge in [0.1, 0.15) is 0 Å². The maximum absolute atomic E-state index is 12.7. The first kappa shape index (κ1) is 22.8. The minimum absolute atomic E-state index is 0.0349. The Hall–Kier alpha value is -3.43. The van der Waals surface area contributed by atoms with Crippen LogP contribution >= 0.6 is 0 Å². The molecule has 0 unspecified atom stereocenters. The van der Waals surface area contributed by atoms with Crippen LogP contribution in [0.3, 0.4) is 0 Å². The Bertz CT molecular complexity index is 1150. The van der Waals surface area contributed by atoms with E-state index in [4.69, 9.17) is 15.4 Å². The van der Waals surface area contributed by atoms with Gasteiger partial charge in [-0.05, 0) is 66.5 Å². The number of nitrogens with one attached hydrogen (secondary N) is 3. The lowest BCUT2D eigenvalue weighted by Gasteiger charge is -2.30. The first-order chi connectivity index (χ1) is 15.7. The minimum Gasteiger partial charge on any atom is -0.362 e. The molecule has 1 aromatic carbocycles. The Balaban J connectivity index is 1.62. The molecule has 1 aromatic rings. The Labute approximate surface area is 195 Å². The number of amides is 1. The highest BCUT2D eigenvalue weighted by molar-refractivity contribution is 6.41. The van der Waals surface area contributed by atoms with Gasteiger partial charge in [-0.2, -0.15) is 5.26 Å². The van der Waals surface area contributed by atoms with Crippen molar-refractivity contribution in [3.8, 4) is 6.07 Å².